The molecule has 3 aromatic rings. The number of nitrogens with two attached hydrogens (primary N) is 1. The fraction of sp³-hybridized carbons (Fsp3) is 0.387. The lowest BCUT2D eigenvalue weighted by Crippen LogP contribution is -2.44. The van der Waals surface area contributed by atoms with Crippen molar-refractivity contribution < 1.29 is 14.6 Å². The summed E-state index contributed by atoms with van der Waals surface area (Å²) >= 11 is 0. The van der Waals surface area contributed by atoms with Gasteiger partial charge in [0.05, 0.1) is 19.2 Å². The maximum atomic E-state index is 13.1. The Labute approximate surface area is 219 Å². The standard InChI is InChI=1S/C31H37N3O3/c1-18-10-24(35)11-19(2)26(18)17-28(32)31(36)34-30-8-9-33-29-7-4-20(15-27(29)30)12-21-13-22-5-6-25(37-3)16-23(22)14-21/h4-7,10-11,15-16,21,28,30,33,35H,8-9,12-14,17,32H2,1-3H3,(H,34,36)/t21?,28-,30+/m0/s1. The van der Waals surface area contributed by atoms with Crippen molar-refractivity contribution in [2.24, 2.45) is 11.7 Å². The van der Waals surface area contributed by atoms with Crippen LogP contribution in [0.25, 0.3) is 0 Å². The third kappa shape index (κ3) is 5.44. The smallest absolute Gasteiger partial charge is 0.237 e. The summed E-state index contributed by atoms with van der Waals surface area (Å²) in [6.07, 6.45) is 4.41. The van der Waals surface area contributed by atoms with Crippen LogP contribution in [-0.2, 0) is 30.5 Å². The number of aryl methyl sites for hydroxylation is 2. The number of hydrogen-bond donors (Lipinski definition) is 4. The highest BCUT2D eigenvalue weighted by atomic mass is 16.5. The first-order valence-corrected chi connectivity index (χ1v) is 13.2. The molecule has 6 heteroatoms. The van der Waals surface area contributed by atoms with Crippen molar-refractivity contribution in [3.05, 3.63) is 87.5 Å². The lowest BCUT2D eigenvalue weighted by atomic mass is 9.91. The van der Waals surface area contributed by atoms with E-state index in [-0.39, 0.29) is 17.7 Å². The van der Waals surface area contributed by atoms with Gasteiger partial charge in [-0.3, -0.25) is 4.79 Å². The van der Waals surface area contributed by atoms with E-state index in [1.165, 1.54) is 16.7 Å². The number of phenols is 1. The van der Waals surface area contributed by atoms with Gasteiger partial charge >= 0.3 is 0 Å². The molecule has 1 aliphatic carbocycles. The molecule has 0 saturated carbocycles. The van der Waals surface area contributed by atoms with Crippen LogP contribution < -0.4 is 21.1 Å². The average Bonchev–Trinajstić information content (AvgIpc) is 3.27. The van der Waals surface area contributed by atoms with Crippen molar-refractivity contribution in [3.63, 3.8) is 0 Å². The second-order valence-electron chi connectivity index (χ2n) is 10.7. The van der Waals surface area contributed by atoms with Gasteiger partial charge in [0.1, 0.15) is 11.5 Å². The summed E-state index contributed by atoms with van der Waals surface area (Å²) in [7, 11) is 1.72. The Morgan fingerprint density at radius 3 is 2.62 bits per heavy atom. The van der Waals surface area contributed by atoms with Gasteiger partial charge in [0.2, 0.25) is 5.91 Å². The zero-order valence-electron chi connectivity index (χ0n) is 21.9. The highest BCUT2D eigenvalue weighted by molar-refractivity contribution is 5.82. The van der Waals surface area contributed by atoms with Gasteiger partial charge in [0.15, 0.2) is 0 Å². The Balaban J connectivity index is 1.26. The minimum atomic E-state index is -0.655. The topological polar surface area (TPSA) is 96.6 Å². The molecule has 3 atom stereocenters. The number of fused-ring (bicyclic) bond motifs is 2. The molecule has 5 N–H and O–H groups in total. The molecule has 0 saturated heterocycles. The summed E-state index contributed by atoms with van der Waals surface area (Å²) in [4.78, 5) is 13.1. The lowest BCUT2D eigenvalue weighted by molar-refractivity contribution is -0.123. The molecule has 37 heavy (non-hydrogen) atoms. The molecule has 0 fully saturated rings. The van der Waals surface area contributed by atoms with Crippen LogP contribution in [0.2, 0.25) is 0 Å². The number of anilines is 1. The minimum absolute atomic E-state index is 0.0678. The second kappa shape index (κ2) is 10.5. The summed E-state index contributed by atoms with van der Waals surface area (Å²) in [6.45, 7) is 4.69. The Bertz CT molecular complexity index is 1300. The molecule has 194 valence electrons. The van der Waals surface area contributed by atoms with Gasteiger partial charge in [-0.05, 0) is 121 Å². The number of carbonyl (C=O) groups excluding carboxylic acids is 1. The van der Waals surface area contributed by atoms with Gasteiger partial charge in [0, 0.05) is 12.2 Å². The predicted molar refractivity (Wildman–Crippen MR) is 147 cm³/mol. The first kappa shape index (κ1) is 25.2. The van der Waals surface area contributed by atoms with E-state index in [1.54, 1.807) is 19.2 Å². The predicted octanol–water partition coefficient (Wildman–Crippen LogP) is 4.52. The van der Waals surface area contributed by atoms with E-state index in [0.717, 1.165) is 65.9 Å². The summed E-state index contributed by atoms with van der Waals surface area (Å²) in [5.41, 5.74) is 15.6. The Morgan fingerprint density at radius 1 is 1.11 bits per heavy atom. The summed E-state index contributed by atoms with van der Waals surface area (Å²) < 4.78 is 5.40. The molecule has 5 rings (SSSR count). The second-order valence-corrected chi connectivity index (χ2v) is 10.7. The van der Waals surface area contributed by atoms with E-state index < -0.39 is 6.04 Å². The number of rotatable bonds is 7. The van der Waals surface area contributed by atoms with Gasteiger partial charge in [0.25, 0.3) is 0 Å². The summed E-state index contributed by atoms with van der Waals surface area (Å²) in [5, 5.41) is 16.5. The van der Waals surface area contributed by atoms with Crippen molar-refractivity contribution in [2.45, 2.75) is 58.0 Å². The van der Waals surface area contributed by atoms with Crippen molar-refractivity contribution in [1.82, 2.24) is 5.32 Å². The normalized spacial score (nSPS) is 18.9. The monoisotopic (exact) mass is 499 g/mol. The molecule has 0 bridgehead atoms. The summed E-state index contributed by atoms with van der Waals surface area (Å²) in [6, 6.07) is 15.7. The minimum Gasteiger partial charge on any atom is -0.508 e. The number of carbonyl (C=O) groups is 1. The molecule has 0 radical (unpaired) electrons. The van der Waals surface area contributed by atoms with Crippen molar-refractivity contribution >= 4 is 11.6 Å². The summed E-state index contributed by atoms with van der Waals surface area (Å²) in [5.74, 6) is 1.58. The van der Waals surface area contributed by atoms with E-state index in [9.17, 15) is 9.90 Å². The number of methoxy groups -OCH3 is 1. The van der Waals surface area contributed by atoms with Gasteiger partial charge in [-0.2, -0.15) is 0 Å². The van der Waals surface area contributed by atoms with E-state index in [2.05, 4.69) is 41.0 Å². The van der Waals surface area contributed by atoms with Gasteiger partial charge in [-0.25, -0.2) is 0 Å². The molecule has 1 unspecified atom stereocenters. The number of ether oxygens (including phenoxy) is 1. The van der Waals surface area contributed by atoms with Crippen molar-refractivity contribution in [1.29, 1.82) is 0 Å². The number of aromatic hydroxyl groups is 1. The van der Waals surface area contributed by atoms with Crippen LogP contribution in [-0.4, -0.2) is 30.7 Å². The lowest BCUT2D eigenvalue weighted by Gasteiger charge is -2.29. The fourth-order valence-corrected chi connectivity index (χ4v) is 6.02. The van der Waals surface area contributed by atoms with E-state index >= 15 is 0 Å². The SMILES string of the molecule is COc1ccc2c(c1)CC(Cc1ccc3c(c1)[C@H](NC(=O)[C@@H](N)Cc1c(C)cc(O)cc1C)CCN3)C2. The fourth-order valence-electron chi connectivity index (χ4n) is 6.02. The Hall–Kier alpha value is -3.51. The molecular weight excluding hydrogens is 462 g/mol. The molecule has 1 aliphatic heterocycles. The van der Waals surface area contributed by atoms with Crippen LogP contribution in [0.1, 0.15) is 51.4 Å². The zero-order chi connectivity index (χ0) is 26.1. The molecule has 0 spiro atoms. The van der Waals surface area contributed by atoms with Crippen LogP contribution in [0.15, 0.2) is 48.5 Å². The van der Waals surface area contributed by atoms with E-state index in [4.69, 9.17) is 10.5 Å². The number of hydrogen-bond acceptors (Lipinski definition) is 5. The van der Waals surface area contributed by atoms with Crippen LogP contribution in [0.4, 0.5) is 5.69 Å². The maximum Gasteiger partial charge on any atom is 0.237 e. The molecule has 0 aromatic heterocycles. The molecule has 1 amide bonds. The van der Waals surface area contributed by atoms with Crippen LogP contribution >= 0.6 is 0 Å². The van der Waals surface area contributed by atoms with Crippen LogP contribution in [0, 0.1) is 19.8 Å². The highest BCUT2D eigenvalue weighted by Gasteiger charge is 2.27. The van der Waals surface area contributed by atoms with Crippen molar-refractivity contribution in [2.75, 3.05) is 19.0 Å². The number of amides is 1. The Morgan fingerprint density at radius 2 is 1.86 bits per heavy atom. The number of phenolic OH excluding ortho intramolecular Hbond substituents is 1. The first-order valence-electron chi connectivity index (χ1n) is 13.2. The highest BCUT2D eigenvalue weighted by Crippen LogP contribution is 2.35. The third-order valence-electron chi connectivity index (χ3n) is 7.95. The average molecular weight is 500 g/mol. The molecule has 1 heterocycles. The van der Waals surface area contributed by atoms with E-state index in [1.807, 2.05) is 19.9 Å². The Kier molecular flexibility index (Phi) is 7.11. The van der Waals surface area contributed by atoms with Gasteiger partial charge < -0.3 is 26.2 Å². The first-order chi connectivity index (χ1) is 17.8. The maximum absolute atomic E-state index is 13.1. The molecule has 6 nitrogen and oxygen atoms in total. The number of benzene rings is 3. The molecule has 2 aliphatic rings. The van der Waals surface area contributed by atoms with E-state index in [0.29, 0.717) is 12.3 Å². The quantitative estimate of drug-likeness (QED) is 0.383. The largest absolute Gasteiger partial charge is 0.508 e. The molecule has 3 aromatic carbocycles. The zero-order valence-corrected chi connectivity index (χ0v) is 21.9. The van der Waals surface area contributed by atoms with Crippen molar-refractivity contribution in [3.8, 4) is 11.5 Å². The van der Waals surface area contributed by atoms with Gasteiger partial charge in [-0.1, -0.05) is 18.2 Å². The molecular formula is C31H37N3O3. The third-order valence-corrected chi connectivity index (χ3v) is 7.95. The van der Waals surface area contributed by atoms with Crippen LogP contribution in [0.5, 0.6) is 11.5 Å². The van der Waals surface area contributed by atoms with Gasteiger partial charge in [-0.15, -0.1) is 0 Å². The number of nitrogens with one attached hydrogen (secondary N) is 2. The van der Waals surface area contributed by atoms with Crippen LogP contribution in [0.3, 0.4) is 0 Å².